The fourth-order valence-electron chi connectivity index (χ4n) is 2.81. The number of benzene rings is 1. The molecule has 2 heterocycles. The second kappa shape index (κ2) is 8.08. The van der Waals surface area contributed by atoms with Crippen molar-refractivity contribution in [1.82, 2.24) is 19.7 Å². The van der Waals surface area contributed by atoms with E-state index in [1.807, 2.05) is 25.1 Å². The van der Waals surface area contributed by atoms with Crippen LogP contribution < -0.4 is 5.32 Å². The van der Waals surface area contributed by atoms with Crippen LogP contribution in [0.1, 0.15) is 38.5 Å². The van der Waals surface area contributed by atoms with Crippen LogP contribution in [0, 0.1) is 6.92 Å². The summed E-state index contributed by atoms with van der Waals surface area (Å²) in [7, 11) is 0. The summed E-state index contributed by atoms with van der Waals surface area (Å²) in [6.07, 6.45) is 2.04. The number of alkyl halides is 2. The van der Waals surface area contributed by atoms with Gasteiger partial charge >= 0.3 is 0 Å². The molecule has 0 radical (unpaired) electrons. The molecule has 0 aliphatic heterocycles. The van der Waals surface area contributed by atoms with Crippen molar-refractivity contribution in [3.05, 3.63) is 54.1 Å². The zero-order chi connectivity index (χ0) is 22.1. The lowest BCUT2D eigenvalue weighted by Gasteiger charge is -2.35. The van der Waals surface area contributed by atoms with Gasteiger partial charge in [-0.2, -0.15) is 5.10 Å². The zero-order valence-corrected chi connectivity index (χ0v) is 17.3. The number of halogens is 2. The molecule has 0 saturated carbocycles. The summed E-state index contributed by atoms with van der Waals surface area (Å²) in [5, 5.41) is 27.9. The fourth-order valence-corrected chi connectivity index (χ4v) is 2.81. The van der Waals surface area contributed by atoms with E-state index in [1.165, 1.54) is 12.3 Å². The molecule has 0 spiro atoms. The van der Waals surface area contributed by atoms with Crippen molar-refractivity contribution >= 4 is 11.6 Å². The number of nitrogens with zero attached hydrogens (tertiary/aromatic N) is 4. The van der Waals surface area contributed by atoms with Crippen LogP contribution >= 0.6 is 0 Å². The van der Waals surface area contributed by atoms with Gasteiger partial charge in [0.05, 0.1) is 18.3 Å². The first kappa shape index (κ1) is 21.8. The number of rotatable bonds is 7. The highest BCUT2D eigenvalue weighted by atomic mass is 19.3. The number of hydrogen-bond donors (Lipinski definition) is 3. The molecule has 0 aliphatic carbocycles. The van der Waals surface area contributed by atoms with Crippen molar-refractivity contribution < 1.29 is 19.0 Å². The first-order chi connectivity index (χ1) is 13.9. The number of aromatic nitrogens is 4. The Morgan fingerprint density at radius 1 is 1.13 bits per heavy atom. The van der Waals surface area contributed by atoms with Gasteiger partial charge in [-0.3, -0.25) is 4.68 Å². The van der Waals surface area contributed by atoms with Crippen LogP contribution in [0.4, 0.5) is 20.4 Å². The monoisotopic (exact) mass is 417 g/mol. The lowest BCUT2D eigenvalue weighted by atomic mass is 9.88. The molecule has 3 rings (SSSR count). The standard InChI is InChI=1S/C21H25F2N5O2/c1-13-7-14(15-10-25-28(11-15)12-21(4,30)20(2,3)29)9-16(8-13)26-19-24-6-5-17(27-19)18(22)23/h5-11,18,29-30H,12H2,1-4H3,(H,24,26,27)/t21-/m0/s1. The van der Waals surface area contributed by atoms with Crippen LogP contribution in [0.5, 0.6) is 0 Å². The topological polar surface area (TPSA) is 96.1 Å². The first-order valence-corrected chi connectivity index (χ1v) is 9.42. The van der Waals surface area contributed by atoms with E-state index < -0.39 is 17.6 Å². The third-order valence-electron chi connectivity index (χ3n) is 4.99. The first-order valence-electron chi connectivity index (χ1n) is 9.42. The van der Waals surface area contributed by atoms with Gasteiger partial charge < -0.3 is 15.5 Å². The van der Waals surface area contributed by atoms with Gasteiger partial charge in [0, 0.05) is 23.6 Å². The van der Waals surface area contributed by atoms with E-state index in [0.29, 0.717) is 5.69 Å². The van der Waals surface area contributed by atoms with Gasteiger partial charge in [-0.05, 0) is 57.0 Å². The summed E-state index contributed by atoms with van der Waals surface area (Å²) in [5.74, 6) is 0.0845. The molecule has 2 aromatic heterocycles. The highest BCUT2D eigenvalue weighted by Crippen LogP contribution is 2.28. The zero-order valence-electron chi connectivity index (χ0n) is 17.3. The van der Waals surface area contributed by atoms with E-state index in [-0.39, 0.29) is 18.2 Å². The Morgan fingerprint density at radius 2 is 1.87 bits per heavy atom. The highest BCUT2D eigenvalue weighted by Gasteiger charge is 2.38. The van der Waals surface area contributed by atoms with E-state index >= 15 is 0 Å². The largest absolute Gasteiger partial charge is 0.387 e. The molecule has 3 N–H and O–H groups in total. The molecule has 160 valence electrons. The molecular weight excluding hydrogens is 392 g/mol. The molecule has 7 nitrogen and oxygen atoms in total. The molecule has 9 heteroatoms. The van der Waals surface area contributed by atoms with Crippen LogP contribution in [0.25, 0.3) is 11.1 Å². The highest BCUT2D eigenvalue weighted by molar-refractivity contribution is 5.70. The van der Waals surface area contributed by atoms with Crippen molar-refractivity contribution in [3.8, 4) is 11.1 Å². The number of hydrogen-bond acceptors (Lipinski definition) is 6. The van der Waals surface area contributed by atoms with Gasteiger partial charge in [0.2, 0.25) is 5.95 Å². The molecular formula is C21H25F2N5O2. The smallest absolute Gasteiger partial charge is 0.280 e. The second-order valence-electron chi connectivity index (χ2n) is 8.08. The molecule has 0 bridgehead atoms. The Labute approximate surface area is 173 Å². The van der Waals surface area contributed by atoms with E-state index in [2.05, 4.69) is 20.4 Å². The van der Waals surface area contributed by atoms with E-state index in [9.17, 15) is 19.0 Å². The van der Waals surface area contributed by atoms with Crippen molar-refractivity contribution in [1.29, 1.82) is 0 Å². The Balaban J connectivity index is 1.84. The molecule has 0 unspecified atom stereocenters. The fraction of sp³-hybridized carbons (Fsp3) is 0.381. The van der Waals surface area contributed by atoms with Crippen LogP contribution in [-0.4, -0.2) is 41.2 Å². The summed E-state index contributed by atoms with van der Waals surface area (Å²) in [4.78, 5) is 7.82. The van der Waals surface area contributed by atoms with Gasteiger partial charge in [0.15, 0.2) is 0 Å². The minimum Gasteiger partial charge on any atom is -0.387 e. The predicted molar refractivity (Wildman–Crippen MR) is 110 cm³/mol. The van der Waals surface area contributed by atoms with Crippen molar-refractivity contribution in [2.75, 3.05) is 5.32 Å². The van der Waals surface area contributed by atoms with Crippen molar-refractivity contribution in [2.24, 2.45) is 0 Å². The van der Waals surface area contributed by atoms with Gasteiger partial charge in [0.25, 0.3) is 6.43 Å². The van der Waals surface area contributed by atoms with Crippen molar-refractivity contribution in [3.63, 3.8) is 0 Å². The van der Waals surface area contributed by atoms with Gasteiger partial charge in [0.1, 0.15) is 11.3 Å². The number of anilines is 2. The molecule has 1 aromatic carbocycles. The molecule has 0 fully saturated rings. The van der Waals surface area contributed by atoms with Crippen LogP contribution in [0.15, 0.2) is 42.9 Å². The van der Waals surface area contributed by atoms with Crippen LogP contribution in [0.3, 0.4) is 0 Å². The number of nitrogens with one attached hydrogen (secondary N) is 1. The molecule has 3 aromatic rings. The van der Waals surface area contributed by atoms with Gasteiger partial charge in [-0.1, -0.05) is 6.07 Å². The number of aryl methyl sites for hydroxylation is 1. The van der Waals surface area contributed by atoms with Crippen molar-refractivity contribution in [2.45, 2.75) is 51.9 Å². The maximum atomic E-state index is 12.9. The summed E-state index contributed by atoms with van der Waals surface area (Å²) >= 11 is 0. The molecule has 30 heavy (non-hydrogen) atoms. The lowest BCUT2D eigenvalue weighted by molar-refractivity contribution is -0.129. The quantitative estimate of drug-likeness (QED) is 0.540. The average molecular weight is 417 g/mol. The van der Waals surface area contributed by atoms with Crippen LogP contribution in [-0.2, 0) is 6.54 Å². The third kappa shape index (κ3) is 4.98. The van der Waals surface area contributed by atoms with Gasteiger partial charge in [-0.25, -0.2) is 18.7 Å². The SMILES string of the molecule is Cc1cc(Nc2nccc(C(F)F)n2)cc(-c2cnn(C[C@](C)(O)C(C)(C)O)c2)c1. The lowest BCUT2D eigenvalue weighted by Crippen LogP contribution is -2.50. The maximum absolute atomic E-state index is 12.9. The predicted octanol–water partition coefficient (Wildman–Crippen LogP) is 3.85. The molecule has 0 aliphatic rings. The Bertz CT molecular complexity index is 1030. The normalized spacial score (nSPS) is 14.0. The second-order valence-corrected chi connectivity index (χ2v) is 8.08. The minimum absolute atomic E-state index is 0.0845. The average Bonchev–Trinajstić information content (AvgIpc) is 3.08. The van der Waals surface area contributed by atoms with Gasteiger partial charge in [-0.15, -0.1) is 0 Å². The summed E-state index contributed by atoms with van der Waals surface area (Å²) in [6, 6.07) is 6.82. The minimum atomic E-state index is -2.67. The summed E-state index contributed by atoms with van der Waals surface area (Å²) in [6.45, 7) is 6.66. The maximum Gasteiger partial charge on any atom is 0.280 e. The molecule has 1 atom stereocenters. The molecule has 0 saturated heterocycles. The van der Waals surface area contributed by atoms with E-state index in [0.717, 1.165) is 16.7 Å². The third-order valence-corrected chi connectivity index (χ3v) is 4.99. The Hall–Kier alpha value is -2.91. The number of aliphatic hydroxyl groups is 2. The summed E-state index contributed by atoms with van der Waals surface area (Å²) in [5.41, 5.74) is 0.214. The Morgan fingerprint density at radius 3 is 2.53 bits per heavy atom. The Kier molecular flexibility index (Phi) is 5.87. The summed E-state index contributed by atoms with van der Waals surface area (Å²) < 4.78 is 27.3. The van der Waals surface area contributed by atoms with Crippen LogP contribution in [0.2, 0.25) is 0 Å². The molecule has 0 amide bonds. The van der Waals surface area contributed by atoms with E-state index in [4.69, 9.17) is 0 Å². The van der Waals surface area contributed by atoms with E-state index in [1.54, 1.807) is 37.8 Å².